The van der Waals surface area contributed by atoms with Gasteiger partial charge < -0.3 is 23.7 Å². The Morgan fingerprint density at radius 3 is 2.23 bits per heavy atom. The van der Waals surface area contributed by atoms with E-state index in [4.69, 9.17) is 18.6 Å². The lowest BCUT2D eigenvalue weighted by Gasteiger charge is -2.23. The van der Waals surface area contributed by atoms with Crippen LogP contribution in [-0.4, -0.2) is 59.8 Å². The molecule has 4 atom stereocenters. The van der Waals surface area contributed by atoms with Gasteiger partial charge in [-0.25, -0.2) is 9.69 Å². The number of aryl methyl sites for hydroxylation is 2. The molecule has 1 aromatic heterocycles. The van der Waals surface area contributed by atoms with E-state index in [0.717, 1.165) is 38.3 Å². The van der Waals surface area contributed by atoms with Gasteiger partial charge >= 0.3 is 6.09 Å². The van der Waals surface area contributed by atoms with Crippen molar-refractivity contribution < 1.29 is 38.1 Å². The molecule has 1 aliphatic rings. The Hall–Kier alpha value is -5.35. The van der Waals surface area contributed by atoms with E-state index in [9.17, 15) is 19.5 Å². The summed E-state index contributed by atoms with van der Waals surface area (Å²) in [4.78, 5) is 43.1. The molecule has 0 saturated carbocycles. The SMILES string of the molecule is Cc1cccc(-c2cc(C(=O)[C@H](Cc3ccccc3)C(=O)N3C(=O)O[C@@H](c4ccccc4)[C@H]3C)oc2CCCOC[C@@H](CO)OCc2ccccc2)c1. The van der Waals surface area contributed by atoms with Crippen molar-refractivity contribution in [3.63, 3.8) is 0 Å². The van der Waals surface area contributed by atoms with Crippen LogP contribution in [0.4, 0.5) is 4.79 Å². The fourth-order valence-corrected chi connectivity index (χ4v) is 6.61. The number of aliphatic hydroxyl groups is 1. The molecular formula is C44H45NO8. The Bertz CT molecular complexity index is 1960. The summed E-state index contributed by atoms with van der Waals surface area (Å²) in [7, 11) is 0. The van der Waals surface area contributed by atoms with Gasteiger partial charge in [0.1, 0.15) is 23.9 Å². The number of rotatable bonds is 17. The Balaban J connectivity index is 1.20. The van der Waals surface area contributed by atoms with Gasteiger partial charge in [0.05, 0.1) is 25.9 Å². The fraction of sp³-hybridized carbons (Fsp3) is 0.295. The summed E-state index contributed by atoms with van der Waals surface area (Å²) >= 11 is 0. The van der Waals surface area contributed by atoms with Crippen LogP contribution in [0.1, 0.15) is 58.0 Å². The van der Waals surface area contributed by atoms with Crippen LogP contribution in [0.5, 0.6) is 0 Å². The maximum atomic E-state index is 14.5. The summed E-state index contributed by atoms with van der Waals surface area (Å²) in [6.45, 7) is 4.55. The van der Waals surface area contributed by atoms with E-state index >= 15 is 0 Å². The van der Waals surface area contributed by atoms with Gasteiger partial charge in [0.25, 0.3) is 0 Å². The predicted molar refractivity (Wildman–Crippen MR) is 200 cm³/mol. The number of nitrogens with zero attached hydrogens (tertiary/aromatic N) is 1. The third kappa shape index (κ3) is 9.37. The van der Waals surface area contributed by atoms with Crippen molar-refractivity contribution in [1.29, 1.82) is 0 Å². The van der Waals surface area contributed by atoms with Crippen LogP contribution in [0.15, 0.2) is 126 Å². The average Bonchev–Trinajstić information content (AvgIpc) is 3.75. The van der Waals surface area contributed by atoms with Gasteiger partial charge in [-0.2, -0.15) is 0 Å². The van der Waals surface area contributed by atoms with Gasteiger partial charge in [-0.1, -0.05) is 121 Å². The zero-order valence-corrected chi connectivity index (χ0v) is 30.1. The number of hydrogen-bond acceptors (Lipinski definition) is 8. The summed E-state index contributed by atoms with van der Waals surface area (Å²) in [5.41, 5.74) is 5.23. The molecule has 5 aromatic rings. The zero-order valence-electron chi connectivity index (χ0n) is 30.1. The molecule has 9 nitrogen and oxygen atoms in total. The molecule has 4 aromatic carbocycles. The second-order valence-corrected chi connectivity index (χ2v) is 13.4. The van der Waals surface area contributed by atoms with Crippen molar-refractivity contribution in [2.24, 2.45) is 5.92 Å². The van der Waals surface area contributed by atoms with Crippen molar-refractivity contribution in [2.45, 2.75) is 58.0 Å². The molecule has 0 unspecified atom stereocenters. The van der Waals surface area contributed by atoms with Crippen molar-refractivity contribution in [1.82, 2.24) is 4.90 Å². The number of benzene rings is 4. The van der Waals surface area contributed by atoms with Gasteiger partial charge in [0.2, 0.25) is 11.7 Å². The number of carbonyl (C=O) groups excluding carboxylic acids is 3. The Morgan fingerprint density at radius 2 is 1.55 bits per heavy atom. The quantitative estimate of drug-likeness (QED) is 0.0587. The van der Waals surface area contributed by atoms with Crippen LogP contribution in [0.3, 0.4) is 0 Å². The number of cyclic esters (lactones) is 1. The summed E-state index contributed by atoms with van der Waals surface area (Å²) in [6, 6.07) is 37.3. The van der Waals surface area contributed by atoms with Gasteiger partial charge in [0, 0.05) is 18.6 Å². The number of hydrogen-bond donors (Lipinski definition) is 1. The summed E-state index contributed by atoms with van der Waals surface area (Å²) in [5.74, 6) is -1.75. The molecule has 1 fully saturated rings. The molecule has 6 rings (SSSR count). The number of aliphatic hydroxyl groups excluding tert-OH is 1. The Labute approximate surface area is 310 Å². The summed E-state index contributed by atoms with van der Waals surface area (Å²) < 4.78 is 23.7. The molecule has 1 N–H and O–H groups in total. The molecule has 9 heteroatoms. The van der Waals surface area contributed by atoms with Crippen LogP contribution in [0.25, 0.3) is 11.1 Å². The maximum Gasteiger partial charge on any atom is 0.417 e. The van der Waals surface area contributed by atoms with E-state index in [1.165, 1.54) is 0 Å². The Morgan fingerprint density at radius 1 is 0.868 bits per heavy atom. The number of furan rings is 1. The number of ketones is 1. The highest BCUT2D eigenvalue weighted by Gasteiger charge is 2.47. The summed E-state index contributed by atoms with van der Waals surface area (Å²) in [6.07, 6.45) is -0.806. The molecule has 274 valence electrons. The van der Waals surface area contributed by atoms with Crippen LogP contribution >= 0.6 is 0 Å². The minimum atomic E-state index is -1.24. The second kappa shape index (κ2) is 17.9. The average molecular weight is 716 g/mol. The van der Waals surface area contributed by atoms with Gasteiger partial charge in [-0.3, -0.25) is 9.59 Å². The first-order valence-electron chi connectivity index (χ1n) is 18.0. The number of carbonyl (C=O) groups is 3. The summed E-state index contributed by atoms with van der Waals surface area (Å²) in [5, 5.41) is 9.81. The Kier molecular flexibility index (Phi) is 12.6. The van der Waals surface area contributed by atoms with E-state index in [-0.39, 0.29) is 25.4 Å². The van der Waals surface area contributed by atoms with Crippen LogP contribution in [0, 0.1) is 12.8 Å². The first-order valence-corrected chi connectivity index (χ1v) is 18.0. The van der Waals surface area contributed by atoms with Crippen LogP contribution in [0.2, 0.25) is 0 Å². The molecule has 0 spiro atoms. The second-order valence-electron chi connectivity index (χ2n) is 13.4. The lowest BCUT2D eigenvalue weighted by molar-refractivity contribution is -0.131. The van der Waals surface area contributed by atoms with E-state index in [1.807, 2.05) is 122 Å². The van der Waals surface area contributed by atoms with Crippen molar-refractivity contribution in [3.8, 4) is 11.1 Å². The molecule has 0 aliphatic carbocycles. The van der Waals surface area contributed by atoms with Crippen molar-refractivity contribution >= 4 is 17.8 Å². The highest BCUT2D eigenvalue weighted by atomic mass is 16.6. The molecule has 2 heterocycles. The molecule has 1 saturated heterocycles. The monoisotopic (exact) mass is 715 g/mol. The lowest BCUT2D eigenvalue weighted by Crippen LogP contribution is -2.44. The van der Waals surface area contributed by atoms with Crippen LogP contribution < -0.4 is 0 Å². The topological polar surface area (TPSA) is 116 Å². The van der Waals surface area contributed by atoms with Gasteiger partial charge in [-0.15, -0.1) is 0 Å². The minimum absolute atomic E-state index is 0.0428. The zero-order chi connectivity index (χ0) is 37.2. The van der Waals surface area contributed by atoms with E-state index in [1.54, 1.807) is 13.0 Å². The fourth-order valence-electron chi connectivity index (χ4n) is 6.61. The standard InChI is InChI=1S/C44H45NO8/c1-30-14-12-21-35(24-30)37-26-40(52-39(37)22-13-23-50-29-36(27-46)51-28-33-17-8-4-9-18-33)41(47)38(25-32-15-6-3-7-16-32)43(48)45-31(2)42(53-44(45)49)34-19-10-5-11-20-34/h3-12,14-21,24,26,31,36,38,42,46H,13,22-23,25,27-29H2,1-2H3/t31-,36-,38+,42-/m1/s1. The molecule has 0 bridgehead atoms. The molecule has 1 aliphatic heterocycles. The first kappa shape index (κ1) is 37.4. The predicted octanol–water partition coefficient (Wildman–Crippen LogP) is 7.93. The van der Waals surface area contributed by atoms with Crippen LogP contribution in [-0.2, 0) is 38.5 Å². The van der Waals surface area contributed by atoms with E-state index in [2.05, 4.69) is 0 Å². The molecule has 0 radical (unpaired) electrons. The lowest BCUT2D eigenvalue weighted by atomic mass is 9.91. The molecule has 2 amide bonds. The van der Waals surface area contributed by atoms with Gasteiger partial charge in [0.15, 0.2) is 5.76 Å². The molecular weight excluding hydrogens is 670 g/mol. The third-order valence-electron chi connectivity index (χ3n) is 9.44. The smallest absolute Gasteiger partial charge is 0.417 e. The highest BCUT2D eigenvalue weighted by Crippen LogP contribution is 2.35. The van der Waals surface area contributed by atoms with Crippen molar-refractivity contribution in [3.05, 3.63) is 155 Å². The largest absolute Gasteiger partial charge is 0.457 e. The maximum absolute atomic E-state index is 14.5. The molecule has 53 heavy (non-hydrogen) atoms. The number of amides is 2. The number of ether oxygens (including phenoxy) is 3. The van der Waals surface area contributed by atoms with Crippen molar-refractivity contribution in [2.75, 3.05) is 19.8 Å². The first-order chi connectivity index (χ1) is 25.8. The van der Waals surface area contributed by atoms with E-state index in [0.29, 0.717) is 31.8 Å². The normalized spacial score (nSPS) is 16.7. The number of imide groups is 1. The minimum Gasteiger partial charge on any atom is -0.457 e. The number of Topliss-reactive ketones (excluding diaryl/α,β-unsaturated/α-hetero) is 1. The highest BCUT2D eigenvalue weighted by molar-refractivity contribution is 6.12. The third-order valence-corrected chi connectivity index (χ3v) is 9.44. The van der Waals surface area contributed by atoms with Gasteiger partial charge in [-0.05, 0) is 55.0 Å². The van der Waals surface area contributed by atoms with E-state index < -0.39 is 42.0 Å².